The Morgan fingerprint density at radius 3 is 2.03 bits per heavy atom. The van der Waals surface area contributed by atoms with Crippen molar-refractivity contribution in [1.82, 2.24) is 0 Å². The molecule has 188 valence electrons. The molecular formula is C27H20Cl2N2O4S2. The minimum atomic E-state index is -0.490. The summed E-state index contributed by atoms with van der Waals surface area (Å²) in [5, 5.41) is 3.83. The van der Waals surface area contributed by atoms with Crippen molar-refractivity contribution in [1.29, 1.82) is 0 Å². The number of rotatable bonds is 9. The van der Waals surface area contributed by atoms with E-state index in [0.29, 0.717) is 36.8 Å². The number of thiophene rings is 1. The standard InChI is InChI=1S/C27H20Cl2N2O4S2/c1-35-20-12-10-19(11-13-20)31-26(34)22-23(30)25(24(33)16-4-8-18(29)9-5-16)37-27(22)36-14-21(32)15-2-6-17(28)7-3-15/h2-13H,14,30H2,1H3,(H,31,34). The maximum atomic E-state index is 13.3. The lowest BCUT2D eigenvalue weighted by molar-refractivity contribution is 0.101. The van der Waals surface area contributed by atoms with Gasteiger partial charge in [-0.15, -0.1) is 23.1 Å². The molecule has 6 nitrogen and oxygen atoms in total. The van der Waals surface area contributed by atoms with Crippen LogP contribution >= 0.6 is 46.3 Å². The molecule has 1 amide bonds. The van der Waals surface area contributed by atoms with Crippen LogP contribution in [0.3, 0.4) is 0 Å². The van der Waals surface area contributed by atoms with Crippen LogP contribution in [0.1, 0.15) is 36.0 Å². The molecule has 10 heteroatoms. The topological polar surface area (TPSA) is 98.5 Å². The van der Waals surface area contributed by atoms with Gasteiger partial charge in [0, 0.05) is 26.9 Å². The summed E-state index contributed by atoms with van der Waals surface area (Å²) in [6, 6.07) is 19.8. The van der Waals surface area contributed by atoms with Gasteiger partial charge in [0.2, 0.25) is 5.78 Å². The van der Waals surface area contributed by atoms with Gasteiger partial charge in [-0.3, -0.25) is 14.4 Å². The number of hydrogen-bond donors (Lipinski definition) is 2. The molecule has 0 bridgehead atoms. The van der Waals surface area contributed by atoms with Gasteiger partial charge in [0.1, 0.15) is 5.75 Å². The van der Waals surface area contributed by atoms with Gasteiger partial charge in [0.25, 0.3) is 5.91 Å². The highest BCUT2D eigenvalue weighted by Gasteiger charge is 2.27. The number of hydrogen-bond acceptors (Lipinski definition) is 7. The second kappa shape index (κ2) is 11.8. The number of ketones is 2. The number of nitrogens with one attached hydrogen (secondary N) is 1. The maximum absolute atomic E-state index is 13.3. The summed E-state index contributed by atoms with van der Waals surface area (Å²) < 4.78 is 5.62. The molecule has 1 aromatic heterocycles. The summed E-state index contributed by atoms with van der Waals surface area (Å²) >= 11 is 14.1. The van der Waals surface area contributed by atoms with Gasteiger partial charge in [0.15, 0.2) is 5.78 Å². The average molecular weight is 572 g/mol. The van der Waals surface area contributed by atoms with Crippen LogP contribution in [0.2, 0.25) is 10.0 Å². The number of benzene rings is 3. The third kappa shape index (κ3) is 6.34. The number of halogens is 2. The van der Waals surface area contributed by atoms with Crippen molar-refractivity contribution >= 4 is 75.1 Å². The normalized spacial score (nSPS) is 10.7. The van der Waals surface area contributed by atoms with Crippen LogP contribution in [-0.4, -0.2) is 30.3 Å². The van der Waals surface area contributed by atoms with Gasteiger partial charge in [-0.05, 0) is 72.8 Å². The van der Waals surface area contributed by atoms with E-state index in [0.717, 1.165) is 23.1 Å². The number of anilines is 2. The smallest absolute Gasteiger partial charge is 0.259 e. The first-order valence-electron chi connectivity index (χ1n) is 10.9. The van der Waals surface area contributed by atoms with Crippen molar-refractivity contribution in [3.05, 3.63) is 104 Å². The molecule has 37 heavy (non-hydrogen) atoms. The van der Waals surface area contributed by atoms with E-state index in [4.69, 9.17) is 33.7 Å². The second-order valence-electron chi connectivity index (χ2n) is 7.74. The van der Waals surface area contributed by atoms with Gasteiger partial charge in [-0.1, -0.05) is 23.2 Å². The number of carbonyl (C=O) groups is 3. The number of nitrogen functional groups attached to an aromatic ring is 1. The SMILES string of the molecule is COc1ccc(NC(=O)c2c(SCC(=O)c3ccc(Cl)cc3)sc(C(=O)c3ccc(Cl)cc3)c2N)cc1. The van der Waals surface area contributed by atoms with Crippen molar-refractivity contribution in [2.24, 2.45) is 0 Å². The highest BCUT2D eigenvalue weighted by Crippen LogP contribution is 2.40. The highest BCUT2D eigenvalue weighted by molar-refractivity contribution is 8.01. The van der Waals surface area contributed by atoms with Crippen molar-refractivity contribution in [2.75, 3.05) is 23.9 Å². The van der Waals surface area contributed by atoms with E-state index in [1.54, 1.807) is 79.9 Å². The van der Waals surface area contributed by atoms with E-state index >= 15 is 0 Å². The largest absolute Gasteiger partial charge is 0.497 e. The Morgan fingerprint density at radius 1 is 0.892 bits per heavy atom. The summed E-state index contributed by atoms with van der Waals surface area (Å²) in [6.07, 6.45) is 0. The molecule has 0 fully saturated rings. The molecule has 1 heterocycles. The highest BCUT2D eigenvalue weighted by atomic mass is 35.5. The van der Waals surface area contributed by atoms with E-state index < -0.39 is 5.91 Å². The molecule has 0 aliphatic carbocycles. The van der Waals surface area contributed by atoms with Crippen molar-refractivity contribution in [2.45, 2.75) is 4.21 Å². The Hall–Kier alpha value is -3.30. The first kappa shape index (κ1) is 26.8. The van der Waals surface area contributed by atoms with E-state index in [9.17, 15) is 14.4 Å². The zero-order valence-electron chi connectivity index (χ0n) is 19.4. The number of carbonyl (C=O) groups excluding carboxylic acids is 3. The minimum absolute atomic E-state index is 0.0407. The van der Waals surface area contributed by atoms with Crippen LogP contribution in [0.25, 0.3) is 0 Å². The fourth-order valence-electron chi connectivity index (χ4n) is 3.36. The van der Waals surface area contributed by atoms with Crippen LogP contribution in [0.15, 0.2) is 77.0 Å². The van der Waals surface area contributed by atoms with Gasteiger partial charge >= 0.3 is 0 Å². The van der Waals surface area contributed by atoms with Crippen LogP contribution in [0, 0.1) is 0 Å². The van der Waals surface area contributed by atoms with Crippen LogP contribution in [-0.2, 0) is 0 Å². The molecule has 4 aromatic rings. The fourth-order valence-corrected chi connectivity index (χ4v) is 5.96. The Bertz CT molecular complexity index is 1450. The summed E-state index contributed by atoms with van der Waals surface area (Å²) in [5.74, 6) is -0.301. The predicted octanol–water partition coefficient (Wildman–Crippen LogP) is 7.10. The van der Waals surface area contributed by atoms with Crippen molar-refractivity contribution in [3.63, 3.8) is 0 Å². The van der Waals surface area contributed by atoms with Crippen LogP contribution < -0.4 is 15.8 Å². The third-order valence-corrected chi connectivity index (χ3v) is 8.28. The van der Waals surface area contributed by atoms with E-state index in [1.165, 1.54) is 0 Å². The minimum Gasteiger partial charge on any atom is -0.497 e. The molecule has 3 aromatic carbocycles. The molecule has 0 saturated heterocycles. The zero-order valence-corrected chi connectivity index (χ0v) is 22.6. The molecule has 0 radical (unpaired) electrons. The van der Waals surface area contributed by atoms with Gasteiger partial charge in [0.05, 0.1) is 33.2 Å². The summed E-state index contributed by atoms with van der Waals surface area (Å²) in [5.41, 5.74) is 7.97. The Labute approximate surface area is 231 Å². The van der Waals surface area contributed by atoms with E-state index in [-0.39, 0.29) is 33.4 Å². The maximum Gasteiger partial charge on any atom is 0.259 e. The molecule has 0 unspecified atom stereocenters. The van der Waals surface area contributed by atoms with E-state index in [2.05, 4.69) is 5.32 Å². The lowest BCUT2D eigenvalue weighted by atomic mass is 10.1. The lowest BCUT2D eigenvalue weighted by Crippen LogP contribution is -2.15. The average Bonchev–Trinajstić information content (AvgIpc) is 3.24. The molecule has 0 atom stereocenters. The molecule has 0 aliphatic heterocycles. The number of nitrogens with two attached hydrogens (primary N) is 1. The van der Waals surface area contributed by atoms with Gasteiger partial charge in [-0.25, -0.2) is 0 Å². The zero-order chi connectivity index (χ0) is 26.5. The summed E-state index contributed by atoms with van der Waals surface area (Å²) in [7, 11) is 1.55. The Kier molecular flexibility index (Phi) is 8.56. The second-order valence-corrected chi connectivity index (χ2v) is 10.9. The van der Waals surface area contributed by atoms with Crippen LogP contribution in [0.5, 0.6) is 5.75 Å². The van der Waals surface area contributed by atoms with E-state index in [1.807, 2.05) is 0 Å². The first-order valence-corrected chi connectivity index (χ1v) is 13.4. The molecule has 0 aliphatic rings. The molecule has 0 saturated carbocycles. The predicted molar refractivity (Wildman–Crippen MR) is 151 cm³/mol. The number of amides is 1. The van der Waals surface area contributed by atoms with Crippen molar-refractivity contribution in [3.8, 4) is 5.75 Å². The molecular weight excluding hydrogens is 551 g/mol. The van der Waals surface area contributed by atoms with Crippen LogP contribution in [0.4, 0.5) is 11.4 Å². The molecule has 4 rings (SSSR count). The Balaban J connectivity index is 1.65. The number of methoxy groups -OCH3 is 1. The monoisotopic (exact) mass is 570 g/mol. The van der Waals surface area contributed by atoms with Gasteiger partial charge in [-0.2, -0.15) is 0 Å². The number of ether oxygens (including phenoxy) is 1. The fraction of sp³-hybridized carbons (Fsp3) is 0.0741. The van der Waals surface area contributed by atoms with Crippen molar-refractivity contribution < 1.29 is 19.1 Å². The summed E-state index contributed by atoms with van der Waals surface area (Å²) in [4.78, 5) is 39.5. The number of Topliss-reactive ketones (excluding diaryl/α,β-unsaturated/α-hetero) is 1. The number of thioether (sulfide) groups is 1. The summed E-state index contributed by atoms with van der Waals surface area (Å²) in [6.45, 7) is 0. The quantitative estimate of drug-likeness (QED) is 0.164. The molecule has 0 spiro atoms. The van der Waals surface area contributed by atoms with Gasteiger partial charge < -0.3 is 15.8 Å². The Morgan fingerprint density at radius 2 is 1.46 bits per heavy atom. The molecule has 3 N–H and O–H groups in total. The third-order valence-electron chi connectivity index (χ3n) is 5.30. The lowest BCUT2D eigenvalue weighted by Gasteiger charge is -2.08. The first-order chi connectivity index (χ1) is 17.8.